The summed E-state index contributed by atoms with van der Waals surface area (Å²) in [6.07, 6.45) is 7.05. The van der Waals surface area contributed by atoms with E-state index in [1.54, 1.807) is 6.20 Å². The summed E-state index contributed by atoms with van der Waals surface area (Å²) < 4.78 is 28.3. The Hall–Kier alpha value is -1.14. The first-order valence-corrected chi connectivity index (χ1v) is 7.64. The van der Waals surface area contributed by atoms with Crippen molar-refractivity contribution in [2.75, 3.05) is 6.54 Å². The largest absolute Gasteiger partial charge is 0.334 e. The van der Waals surface area contributed by atoms with Gasteiger partial charge in [0.25, 0.3) is 10.0 Å². The SMILES string of the molecule is C/C=C/CCNS(=O)(=O)c1cn(CCC)c(C)n1. The molecule has 1 heterocycles. The Morgan fingerprint density at radius 3 is 2.83 bits per heavy atom. The molecule has 102 valence electrons. The lowest BCUT2D eigenvalue weighted by Gasteiger charge is -2.01. The van der Waals surface area contributed by atoms with Gasteiger partial charge in [-0.1, -0.05) is 19.1 Å². The van der Waals surface area contributed by atoms with E-state index in [1.807, 2.05) is 37.5 Å². The standard InChI is InChI=1S/C12H21N3O2S/c1-4-6-7-8-13-18(16,17)12-10-15(9-5-2)11(3)14-12/h4,6,10,13H,5,7-9H2,1-3H3/b6-4+. The minimum absolute atomic E-state index is 0.105. The lowest BCUT2D eigenvalue weighted by molar-refractivity contribution is 0.578. The number of hydrogen-bond donors (Lipinski definition) is 1. The maximum Gasteiger partial charge on any atom is 0.259 e. The van der Waals surface area contributed by atoms with E-state index in [4.69, 9.17) is 0 Å². The van der Waals surface area contributed by atoms with E-state index in [2.05, 4.69) is 9.71 Å². The predicted octanol–water partition coefficient (Wildman–Crippen LogP) is 1.85. The van der Waals surface area contributed by atoms with Crippen molar-refractivity contribution in [3.8, 4) is 0 Å². The molecular weight excluding hydrogens is 250 g/mol. The summed E-state index contributed by atoms with van der Waals surface area (Å²) in [6, 6.07) is 0. The number of aryl methyl sites for hydroxylation is 2. The van der Waals surface area contributed by atoms with Crippen molar-refractivity contribution in [1.29, 1.82) is 0 Å². The highest BCUT2D eigenvalue weighted by atomic mass is 32.2. The van der Waals surface area contributed by atoms with Gasteiger partial charge in [-0.15, -0.1) is 0 Å². The van der Waals surface area contributed by atoms with Gasteiger partial charge in [0.1, 0.15) is 5.82 Å². The smallest absolute Gasteiger partial charge is 0.259 e. The zero-order valence-corrected chi connectivity index (χ0v) is 12.0. The minimum atomic E-state index is -3.48. The molecule has 0 unspecified atom stereocenters. The maximum absolute atomic E-state index is 12.0. The quantitative estimate of drug-likeness (QED) is 0.608. The van der Waals surface area contributed by atoms with Crippen LogP contribution in [0.15, 0.2) is 23.4 Å². The number of imidazole rings is 1. The number of aromatic nitrogens is 2. The van der Waals surface area contributed by atoms with Crippen molar-refractivity contribution in [3.63, 3.8) is 0 Å². The van der Waals surface area contributed by atoms with Crippen LogP contribution in [0.5, 0.6) is 0 Å². The number of hydrogen-bond acceptors (Lipinski definition) is 3. The van der Waals surface area contributed by atoms with E-state index in [-0.39, 0.29) is 5.03 Å². The lowest BCUT2D eigenvalue weighted by atomic mass is 10.4. The number of allylic oxidation sites excluding steroid dienone is 1. The molecule has 5 nitrogen and oxygen atoms in total. The van der Waals surface area contributed by atoms with Crippen LogP contribution in [0.1, 0.15) is 32.5 Å². The molecule has 0 radical (unpaired) electrons. The number of nitrogens with one attached hydrogen (secondary N) is 1. The Labute approximate surface area is 109 Å². The summed E-state index contributed by atoms with van der Waals surface area (Å²) in [7, 11) is -3.48. The van der Waals surface area contributed by atoms with Crippen LogP contribution < -0.4 is 4.72 Å². The van der Waals surface area contributed by atoms with Crippen molar-refractivity contribution in [2.24, 2.45) is 0 Å². The second-order valence-corrected chi connectivity index (χ2v) is 5.79. The minimum Gasteiger partial charge on any atom is -0.334 e. The van der Waals surface area contributed by atoms with Crippen molar-refractivity contribution in [1.82, 2.24) is 14.3 Å². The number of sulfonamides is 1. The van der Waals surface area contributed by atoms with Crippen LogP contribution in [0, 0.1) is 6.92 Å². The molecule has 6 heteroatoms. The molecule has 0 fully saturated rings. The molecule has 1 aromatic rings. The van der Waals surface area contributed by atoms with Crippen molar-refractivity contribution >= 4 is 10.0 Å². The van der Waals surface area contributed by atoms with Crippen LogP contribution in [-0.2, 0) is 16.6 Å². The van der Waals surface area contributed by atoms with Crippen LogP contribution in [0.25, 0.3) is 0 Å². The Morgan fingerprint density at radius 1 is 1.50 bits per heavy atom. The third kappa shape index (κ3) is 3.96. The molecule has 0 saturated carbocycles. The topological polar surface area (TPSA) is 64.0 Å². The van der Waals surface area contributed by atoms with Gasteiger partial charge >= 0.3 is 0 Å². The van der Waals surface area contributed by atoms with E-state index in [1.165, 1.54) is 0 Å². The number of rotatable bonds is 7. The van der Waals surface area contributed by atoms with E-state index >= 15 is 0 Å². The highest BCUT2D eigenvalue weighted by Crippen LogP contribution is 2.09. The van der Waals surface area contributed by atoms with Gasteiger partial charge in [-0.2, -0.15) is 0 Å². The van der Waals surface area contributed by atoms with Crippen LogP contribution in [0.2, 0.25) is 0 Å². The fourth-order valence-electron chi connectivity index (χ4n) is 1.59. The normalized spacial score (nSPS) is 12.4. The molecule has 0 aliphatic heterocycles. The van der Waals surface area contributed by atoms with Crippen LogP contribution in [0.3, 0.4) is 0 Å². The van der Waals surface area contributed by atoms with Crippen molar-refractivity contribution < 1.29 is 8.42 Å². The molecule has 0 aromatic carbocycles. The summed E-state index contributed by atoms with van der Waals surface area (Å²) in [5, 5.41) is 0.105. The Bertz CT molecular complexity index is 503. The van der Waals surface area contributed by atoms with Crippen LogP contribution in [0.4, 0.5) is 0 Å². The molecule has 0 aliphatic carbocycles. The molecule has 18 heavy (non-hydrogen) atoms. The van der Waals surface area contributed by atoms with E-state index in [0.717, 1.165) is 18.8 Å². The lowest BCUT2D eigenvalue weighted by Crippen LogP contribution is -2.24. The molecule has 0 amide bonds. The third-order valence-corrected chi connectivity index (χ3v) is 3.86. The molecule has 1 N–H and O–H groups in total. The third-order valence-electron chi connectivity index (χ3n) is 2.53. The zero-order valence-electron chi connectivity index (χ0n) is 11.2. The van der Waals surface area contributed by atoms with Crippen LogP contribution in [-0.4, -0.2) is 24.5 Å². The molecule has 0 spiro atoms. The first kappa shape index (κ1) is 14.9. The molecule has 0 saturated heterocycles. The average Bonchev–Trinajstić information content (AvgIpc) is 2.68. The Morgan fingerprint density at radius 2 is 2.22 bits per heavy atom. The van der Waals surface area contributed by atoms with Gasteiger partial charge in [0.15, 0.2) is 5.03 Å². The molecule has 1 rings (SSSR count). The molecular formula is C12H21N3O2S. The summed E-state index contributed by atoms with van der Waals surface area (Å²) in [4.78, 5) is 4.09. The van der Waals surface area contributed by atoms with Gasteiger partial charge in [0.05, 0.1) is 0 Å². The van der Waals surface area contributed by atoms with Crippen molar-refractivity contribution in [2.45, 2.75) is 45.2 Å². The fourth-order valence-corrected chi connectivity index (χ4v) is 2.65. The Kier molecular flexibility index (Phi) is 5.55. The summed E-state index contributed by atoms with van der Waals surface area (Å²) in [5.74, 6) is 0.727. The highest BCUT2D eigenvalue weighted by molar-refractivity contribution is 7.89. The molecule has 0 bridgehead atoms. The number of nitrogens with zero attached hydrogens (tertiary/aromatic N) is 2. The van der Waals surface area contributed by atoms with Gasteiger partial charge in [0, 0.05) is 19.3 Å². The average molecular weight is 271 g/mol. The van der Waals surface area contributed by atoms with Crippen molar-refractivity contribution in [3.05, 3.63) is 24.2 Å². The summed E-state index contributed by atoms with van der Waals surface area (Å²) >= 11 is 0. The van der Waals surface area contributed by atoms with E-state index < -0.39 is 10.0 Å². The monoisotopic (exact) mass is 271 g/mol. The van der Waals surface area contributed by atoms with Crippen LogP contribution >= 0.6 is 0 Å². The second-order valence-electron chi connectivity index (χ2n) is 4.08. The van der Waals surface area contributed by atoms with E-state index in [9.17, 15) is 8.42 Å². The van der Waals surface area contributed by atoms with Gasteiger partial charge in [-0.05, 0) is 26.7 Å². The summed E-state index contributed by atoms with van der Waals surface area (Å²) in [6.45, 7) is 6.95. The Balaban J connectivity index is 2.75. The first-order chi connectivity index (χ1) is 8.51. The molecule has 0 atom stereocenters. The van der Waals surface area contributed by atoms with Gasteiger partial charge in [-0.25, -0.2) is 18.1 Å². The highest BCUT2D eigenvalue weighted by Gasteiger charge is 2.17. The first-order valence-electron chi connectivity index (χ1n) is 6.16. The van der Waals surface area contributed by atoms with Gasteiger partial charge < -0.3 is 4.57 Å². The summed E-state index contributed by atoms with van der Waals surface area (Å²) in [5.41, 5.74) is 0. The molecule has 0 aliphatic rings. The van der Waals surface area contributed by atoms with Gasteiger partial charge in [-0.3, -0.25) is 0 Å². The van der Waals surface area contributed by atoms with E-state index in [0.29, 0.717) is 13.0 Å². The zero-order chi connectivity index (χ0) is 13.6. The maximum atomic E-state index is 12.0. The molecule has 1 aromatic heterocycles. The fraction of sp³-hybridized carbons (Fsp3) is 0.583. The van der Waals surface area contributed by atoms with Gasteiger partial charge in [0.2, 0.25) is 0 Å². The predicted molar refractivity (Wildman–Crippen MR) is 71.9 cm³/mol. The second kappa shape index (κ2) is 6.70.